The highest BCUT2D eigenvalue weighted by molar-refractivity contribution is 5.89. The summed E-state index contributed by atoms with van der Waals surface area (Å²) in [4.78, 5) is 36.4. The molecule has 0 spiro atoms. The van der Waals surface area contributed by atoms with Crippen molar-refractivity contribution in [2.75, 3.05) is 0 Å². The smallest absolute Gasteiger partial charge is 0.338 e. The highest BCUT2D eigenvalue weighted by Gasteiger charge is 2.48. The minimum absolute atomic E-state index is 0.0930. The third-order valence-electron chi connectivity index (χ3n) is 5.43. The molecule has 0 radical (unpaired) electrons. The van der Waals surface area contributed by atoms with Gasteiger partial charge in [-0.2, -0.15) is 0 Å². The zero-order valence-electron chi connectivity index (χ0n) is 16.6. The first-order valence-electron chi connectivity index (χ1n) is 10.1. The van der Waals surface area contributed by atoms with Crippen LogP contribution in [0.1, 0.15) is 62.7 Å². The van der Waals surface area contributed by atoms with Crippen LogP contribution in [0.4, 0.5) is 0 Å². The van der Waals surface area contributed by atoms with Crippen molar-refractivity contribution in [3.05, 3.63) is 47.5 Å². The van der Waals surface area contributed by atoms with E-state index in [9.17, 15) is 14.4 Å². The summed E-state index contributed by atoms with van der Waals surface area (Å²) in [6.07, 6.45) is 4.70. The van der Waals surface area contributed by atoms with E-state index in [2.05, 4.69) is 13.8 Å². The lowest BCUT2D eigenvalue weighted by molar-refractivity contribution is -0.141. The summed E-state index contributed by atoms with van der Waals surface area (Å²) in [5, 5.41) is 0. The minimum atomic E-state index is -0.445. The highest BCUT2D eigenvalue weighted by Crippen LogP contribution is 2.42. The molecule has 0 N–H and O–H groups in total. The van der Waals surface area contributed by atoms with Gasteiger partial charge in [-0.25, -0.2) is 4.79 Å². The Morgan fingerprint density at radius 1 is 1.25 bits per heavy atom. The van der Waals surface area contributed by atoms with E-state index in [0.717, 1.165) is 18.4 Å². The molecular weight excluding hydrogens is 356 g/mol. The number of hydrogen-bond acceptors (Lipinski definition) is 5. The van der Waals surface area contributed by atoms with Gasteiger partial charge in [0.05, 0.1) is 12.0 Å². The standard InChI is InChI=1S/C23H28O5/c1-15(2)7-6-10-17(24)11-12-18-19-13-22(25)27-21(19)14-20(18)28-23(26)16-8-4-3-5-9-16/h3-5,8-9,12,15,19-21H,6-7,10-11,13-14H2,1-2H3. The summed E-state index contributed by atoms with van der Waals surface area (Å²) in [6.45, 7) is 4.29. The number of rotatable bonds is 8. The molecule has 1 aromatic carbocycles. The van der Waals surface area contributed by atoms with Gasteiger partial charge in [0.1, 0.15) is 18.0 Å². The fourth-order valence-electron chi connectivity index (χ4n) is 3.95. The van der Waals surface area contributed by atoms with Gasteiger partial charge in [0.15, 0.2) is 0 Å². The number of ether oxygens (including phenoxy) is 2. The van der Waals surface area contributed by atoms with E-state index in [1.807, 2.05) is 12.1 Å². The molecule has 1 aliphatic heterocycles. The highest BCUT2D eigenvalue weighted by atomic mass is 16.6. The Morgan fingerprint density at radius 3 is 2.71 bits per heavy atom. The molecule has 5 nitrogen and oxygen atoms in total. The monoisotopic (exact) mass is 384 g/mol. The summed E-state index contributed by atoms with van der Waals surface area (Å²) in [5.41, 5.74) is 1.35. The maximum absolute atomic E-state index is 12.4. The van der Waals surface area contributed by atoms with Gasteiger partial charge in [0.2, 0.25) is 0 Å². The lowest BCUT2D eigenvalue weighted by Gasteiger charge is -2.16. The third kappa shape index (κ3) is 5.09. The lowest BCUT2D eigenvalue weighted by atomic mass is 9.96. The maximum atomic E-state index is 12.4. The number of fused-ring (bicyclic) bond motifs is 1. The van der Waals surface area contributed by atoms with Crippen LogP contribution in [0.5, 0.6) is 0 Å². The van der Waals surface area contributed by atoms with E-state index in [4.69, 9.17) is 9.47 Å². The number of hydrogen-bond donors (Lipinski definition) is 0. The van der Waals surface area contributed by atoms with E-state index in [-0.39, 0.29) is 30.2 Å². The summed E-state index contributed by atoms with van der Waals surface area (Å²) in [6, 6.07) is 8.83. The number of ketones is 1. The first-order chi connectivity index (χ1) is 13.4. The van der Waals surface area contributed by atoms with Crippen LogP contribution in [0.25, 0.3) is 0 Å². The average molecular weight is 384 g/mol. The first kappa shape index (κ1) is 20.3. The molecule has 3 rings (SSSR count). The molecule has 0 bridgehead atoms. The van der Waals surface area contributed by atoms with Crippen molar-refractivity contribution in [3.63, 3.8) is 0 Å². The van der Waals surface area contributed by atoms with Crippen LogP contribution >= 0.6 is 0 Å². The van der Waals surface area contributed by atoms with Crippen molar-refractivity contribution in [1.82, 2.24) is 0 Å². The molecule has 2 aliphatic rings. The number of carbonyl (C=O) groups excluding carboxylic acids is 3. The second-order valence-corrected chi connectivity index (χ2v) is 8.07. The molecule has 5 heteroatoms. The molecule has 1 saturated heterocycles. The average Bonchev–Trinajstić information content (AvgIpc) is 3.16. The molecule has 1 aromatic rings. The van der Waals surface area contributed by atoms with Gasteiger partial charge in [0.25, 0.3) is 0 Å². The van der Waals surface area contributed by atoms with E-state index >= 15 is 0 Å². The molecule has 1 heterocycles. The molecule has 28 heavy (non-hydrogen) atoms. The van der Waals surface area contributed by atoms with Gasteiger partial charge < -0.3 is 9.47 Å². The molecule has 3 atom stereocenters. The topological polar surface area (TPSA) is 69.7 Å². The number of benzene rings is 1. The van der Waals surface area contributed by atoms with Gasteiger partial charge >= 0.3 is 11.9 Å². The quantitative estimate of drug-likeness (QED) is 0.495. The molecule has 3 unspecified atom stereocenters. The number of allylic oxidation sites excluding steroid dienone is 1. The second kappa shape index (κ2) is 9.18. The SMILES string of the molecule is CC(C)CCCC(=O)CC=C1C(OC(=O)c2ccccc2)CC2OC(=O)CC12. The van der Waals surface area contributed by atoms with Crippen molar-refractivity contribution in [2.45, 2.75) is 64.6 Å². The molecular formula is C23H28O5. The van der Waals surface area contributed by atoms with E-state index < -0.39 is 12.1 Å². The first-order valence-corrected chi connectivity index (χ1v) is 10.1. The van der Waals surface area contributed by atoms with E-state index in [0.29, 0.717) is 30.7 Å². The number of Topliss-reactive ketones (excluding diaryl/α,β-unsaturated/α-hetero) is 1. The number of carbonyl (C=O) groups is 3. The van der Waals surface area contributed by atoms with Gasteiger partial charge in [0, 0.05) is 25.2 Å². The second-order valence-electron chi connectivity index (χ2n) is 8.07. The summed E-state index contributed by atoms with van der Waals surface area (Å²) in [7, 11) is 0. The van der Waals surface area contributed by atoms with Gasteiger partial charge in [-0.3, -0.25) is 9.59 Å². The zero-order chi connectivity index (χ0) is 20.1. The van der Waals surface area contributed by atoms with Crippen LogP contribution in [-0.4, -0.2) is 29.9 Å². The Morgan fingerprint density at radius 2 is 2.00 bits per heavy atom. The largest absolute Gasteiger partial charge is 0.462 e. The van der Waals surface area contributed by atoms with Crippen LogP contribution in [0.15, 0.2) is 42.0 Å². The normalized spacial score (nSPS) is 25.0. The fourth-order valence-corrected chi connectivity index (χ4v) is 3.95. The Kier molecular flexibility index (Phi) is 6.65. The predicted octanol–water partition coefficient (Wildman–Crippen LogP) is 4.26. The summed E-state index contributed by atoms with van der Waals surface area (Å²) in [5.74, 6) is 0.0488. The minimum Gasteiger partial charge on any atom is -0.462 e. The molecule has 1 aliphatic carbocycles. The van der Waals surface area contributed by atoms with Crippen molar-refractivity contribution in [2.24, 2.45) is 11.8 Å². The van der Waals surface area contributed by atoms with E-state index in [1.165, 1.54) is 0 Å². The number of esters is 2. The zero-order valence-corrected chi connectivity index (χ0v) is 16.6. The Balaban J connectivity index is 1.66. The Bertz CT molecular complexity index is 750. The van der Waals surface area contributed by atoms with Crippen LogP contribution in [-0.2, 0) is 19.1 Å². The van der Waals surface area contributed by atoms with Gasteiger partial charge in [-0.15, -0.1) is 0 Å². The maximum Gasteiger partial charge on any atom is 0.338 e. The third-order valence-corrected chi connectivity index (χ3v) is 5.43. The Hall–Kier alpha value is -2.43. The van der Waals surface area contributed by atoms with Gasteiger partial charge in [-0.1, -0.05) is 44.5 Å². The van der Waals surface area contributed by atoms with Crippen LogP contribution in [0.2, 0.25) is 0 Å². The fraction of sp³-hybridized carbons (Fsp3) is 0.522. The van der Waals surface area contributed by atoms with Crippen molar-refractivity contribution >= 4 is 17.7 Å². The molecule has 0 amide bonds. The summed E-state index contributed by atoms with van der Waals surface area (Å²) >= 11 is 0. The predicted molar refractivity (Wildman–Crippen MR) is 105 cm³/mol. The molecule has 150 valence electrons. The van der Waals surface area contributed by atoms with Gasteiger partial charge in [-0.05, 0) is 30.0 Å². The van der Waals surface area contributed by atoms with E-state index in [1.54, 1.807) is 24.3 Å². The van der Waals surface area contributed by atoms with Crippen LogP contribution in [0, 0.1) is 11.8 Å². The van der Waals surface area contributed by atoms with Crippen LogP contribution in [0.3, 0.4) is 0 Å². The van der Waals surface area contributed by atoms with Crippen molar-refractivity contribution in [1.29, 1.82) is 0 Å². The van der Waals surface area contributed by atoms with Crippen molar-refractivity contribution < 1.29 is 23.9 Å². The van der Waals surface area contributed by atoms with Crippen molar-refractivity contribution in [3.8, 4) is 0 Å². The summed E-state index contributed by atoms with van der Waals surface area (Å²) < 4.78 is 11.1. The molecule has 2 fully saturated rings. The Labute approximate surface area is 166 Å². The molecule has 0 aromatic heterocycles. The van der Waals surface area contributed by atoms with Crippen LogP contribution < -0.4 is 0 Å². The molecule has 1 saturated carbocycles. The lowest BCUT2D eigenvalue weighted by Crippen LogP contribution is -2.19.